The Labute approximate surface area is 363 Å². The van der Waals surface area contributed by atoms with Crippen LogP contribution in [0.15, 0.2) is 0 Å². The lowest BCUT2D eigenvalue weighted by Crippen LogP contribution is -2.34. The lowest BCUT2D eigenvalue weighted by Gasteiger charge is -2.22. The summed E-state index contributed by atoms with van der Waals surface area (Å²) in [7, 11) is 0. The number of nitrogens with zero attached hydrogens (tertiary/aromatic N) is 2. The van der Waals surface area contributed by atoms with E-state index in [-0.39, 0.29) is 25.0 Å². The fourth-order valence-corrected chi connectivity index (χ4v) is 8.59. The minimum absolute atomic E-state index is 0.0749. The molecule has 0 aromatic heterocycles. The molecule has 0 fully saturated rings. The van der Waals surface area contributed by atoms with Gasteiger partial charge >= 0.3 is 0 Å². The van der Waals surface area contributed by atoms with Gasteiger partial charge in [0.15, 0.2) is 0 Å². The first kappa shape index (κ1) is 56.9. The van der Waals surface area contributed by atoms with Gasteiger partial charge in [0.25, 0.3) is 0 Å². The van der Waals surface area contributed by atoms with Crippen LogP contribution in [0.5, 0.6) is 0 Å². The van der Waals surface area contributed by atoms with Crippen molar-refractivity contribution < 1.29 is 19.8 Å². The van der Waals surface area contributed by atoms with Crippen LogP contribution in [0.1, 0.15) is 284 Å². The average Bonchev–Trinajstić information content (AvgIpc) is 3.23. The van der Waals surface area contributed by atoms with Crippen LogP contribution >= 0.6 is 0 Å². The third kappa shape index (κ3) is 41.6. The molecular formula is C52H104N2O4. The second kappa shape index (κ2) is 48.5. The number of amides is 2. The van der Waals surface area contributed by atoms with E-state index >= 15 is 0 Å². The van der Waals surface area contributed by atoms with Gasteiger partial charge in [-0.3, -0.25) is 9.59 Å². The second-order valence-electron chi connectivity index (χ2n) is 18.1. The van der Waals surface area contributed by atoms with E-state index in [9.17, 15) is 19.8 Å². The van der Waals surface area contributed by atoms with Gasteiger partial charge in [0, 0.05) is 39.0 Å². The number of carbonyl (C=O) groups excluding carboxylic acids is 2. The molecule has 0 radical (unpaired) electrons. The van der Waals surface area contributed by atoms with Gasteiger partial charge in [-0.25, -0.2) is 0 Å². The normalized spacial score (nSPS) is 11.4. The molecule has 0 saturated carbocycles. The molecule has 0 spiro atoms. The highest BCUT2D eigenvalue weighted by Gasteiger charge is 2.13. The van der Waals surface area contributed by atoms with Crippen LogP contribution in [0.3, 0.4) is 0 Å². The summed E-state index contributed by atoms with van der Waals surface area (Å²) in [5, 5.41) is 18.9. The van der Waals surface area contributed by atoms with Crippen LogP contribution in [0.25, 0.3) is 0 Å². The Bertz CT molecular complexity index is 757. The van der Waals surface area contributed by atoms with Gasteiger partial charge in [-0.15, -0.1) is 0 Å². The number of aliphatic hydroxyl groups is 2. The van der Waals surface area contributed by atoms with Gasteiger partial charge in [0.05, 0.1) is 13.2 Å². The zero-order valence-electron chi connectivity index (χ0n) is 39.5. The molecule has 6 nitrogen and oxygen atoms in total. The summed E-state index contributed by atoms with van der Waals surface area (Å²) in [6.07, 6.45) is 53.4. The number of aliphatic hydroxyl groups excluding tert-OH is 2. The molecule has 0 bridgehead atoms. The molecule has 0 rings (SSSR count). The highest BCUT2D eigenvalue weighted by molar-refractivity contribution is 5.76. The number of carbonyl (C=O) groups is 2. The van der Waals surface area contributed by atoms with Crippen LogP contribution in [0, 0.1) is 0 Å². The molecule has 0 atom stereocenters. The first-order valence-electron chi connectivity index (χ1n) is 26.4. The van der Waals surface area contributed by atoms with E-state index < -0.39 is 0 Å². The van der Waals surface area contributed by atoms with E-state index in [1.807, 2.05) is 9.80 Å². The fraction of sp³-hybridized carbons (Fsp3) is 0.962. The molecule has 58 heavy (non-hydrogen) atoms. The zero-order valence-corrected chi connectivity index (χ0v) is 39.5. The Hall–Kier alpha value is -1.14. The van der Waals surface area contributed by atoms with E-state index in [1.54, 1.807) is 0 Å². The van der Waals surface area contributed by atoms with Crippen molar-refractivity contribution >= 4 is 11.8 Å². The maximum absolute atomic E-state index is 12.7. The van der Waals surface area contributed by atoms with Gasteiger partial charge in [-0.05, 0) is 25.7 Å². The molecule has 2 amide bonds. The van der Waals surface area contributed by atoms with Crippen molar-refractivity contribution in [3.8, 4) is 0 Å². The van der Waals surface area contributed by atoms with Crippen LogP contribution in [0.2, 0.25) is 0 Å². The molecule has 0 heterocycles. The van der Waals surface area contributed by atoms with Crippen LogP contribution in [-0.4, -0.2) is 71.2 Å². The highest BCUT2D eigenvalue weighted by Crippen LogP contribution is 2.17. The summed E-state index contributed by atoms with van der Waals surface area (Å²) in [5.41, 5.74) is 0. The number of hydrogen-bond donors (Lipinski definition) is 2. The Morgan fingerprint density at radius 3 is 0.672 bits per heavy atom. The maximum Gasteiger partial charge on any atom is 0.222 e. The topological polar surface area (TPSA) is 81.1 Å². The van der Waals surface area contributed by atoms with Crippen LogP contribution in [0.4, 0.5) is 0 Å². The predicted molar refractivity (Wildman–Crippen MR) is 253 cm³/mol. The average molecular weight is 821 g/mol. The summed E-state index contributed by atoms with van der Waals surface area (Å²) < 4.78 is 0. The predicted octanol–water partition coefficient (Wildman–Crippen LogP) is 15.1. The molecule has 6 heteroatoms. The Morgan fingerprint density at radius 2 is 0.466 bits per heavy atom. The first-order chi connectivity index (χ1) is 28.6. The van der Waals surface area contributed by atoms with E-state index in [2.05, 4.69) is 13.8 Å². The highest BCUT2D eigenvalue weighted by atomic mass is 16.3. The summed E-state index contributed by atoms with van der Waals surface area (Å²) in [5.74, 6) is 0.492. The fourth-order valence-electron chi connectivity index (χ4n) is 8.59. The molecular weight excluding hydrogens is 717 g/mol. The molecule has 0 saturated heterocycles. The number of unbranched alkanes of at least 4 members (excludes halogenated alkanes) is 37. The quantitative estimate of drug-likeness (QED) is 0.0599. The van der Waals surface area contributed by atoms with E-state index in [0.29, 0.717) is 25.9 Å². The zero-order chi connectivity index (χ0) is 42.3. The van der Waals surface area contributed by atoms with Crippen molar-refractivity contribution in [2.24, 2.45) is 0 Å². The van der Waals surface area contributed by atoms with Crippen molar-refractivity contribution in [1.29, 1.82) is 0 Å². The molecule has 0 aromatic rings. The summed E-state index contributed by atoms with van der Waals surface area (Å²) in [6, 6.07) is 0. The van der Waals surface area contributed by atoms with E-state index in [0.717, 1.165) is 51.6 Å². The lowest BCUT2D eigenvalue weighted by molar-refractivity contribution is -0.132. The van der Waals surface area contributed by atoms with Crippen molar-refractivity contribution in [1.82, 2.24) is 9.80 Å². The van der Waals surface area contributed by atoms with Crippen molar-refractivity contribution in [2.45, 2.75) is 284 Å². The molecule has 0 aliphatic heterocycles. The van der Waals surface area contributed by atoms with E-state index in [1.165, 1.54) is 218 Å². The summed E-state index contributed by atoms with van der Waals surface area (Å²) in [6.45, 7) is 7.30. The van der Waals surface area contributed by atoms with Crippen LogP contribution < -0.4 is 0 Å². The Kier molecular flexibility index (Phi) is 47.6. The van der Waals surface area contributed by atoms with Gasteiger partial charge < -0.3 is 20.0 Å². The van der Waals surface area contributed by atoms with Crippen molar-refractivity contribution in [2.75, 3.05) is 39.4 Å². The van der Waals surface area contributed by atoms with Gasteiger partial charge in [-0.1, -0.05) is 245 Å². The van der Waals surface area contributed by atoms with Gasteiger partial charge in [0.2, 0.25) is 11.8 Å². The van der Waals surface area contributed by atoms with E-state index in [4.69, 9.17) is 0 Å². The molecule has 0 unspecified atom stereocenters. The summed E-state index contributed by atoms with van der Waals surface area (Å²) in [4.78, 5) is 29.2. The van der Waals surface area contributed by atoms with Crippen molar-refractivity contribution in [3.05, 3.63) is 0 Å². The van der Waals surface area contributed by atoms with Gasteiger partial charge in [-0.2, -0.15) is 0 Å². The molecule has 346 valence electrons. The third-order valence-electron chi connectivity index (χ3n) is 12.5. The molecule has 0 aromatic carbocycles. The van der Waals surface area contributed by atoms with Crippen molar-refractivity contribution in [3.63, 3.8) is 0 Å². The first-order valence-corrected chi connectivity index (χ1v) is 26.4. The monoisotopic (exact) mass is 821 g/mol. The standard InChI is InChI=1S/C52H104N2O4/c1-3-5-7-9-11-27-31-35-39-43-51(57)53(47-49-55)45-41-37-33-29-25-23-21-19-17-15-13-14-16-18-20-22-24-26-30-34-38-42-46-54(48-50-56)52(58)44-40-36-32-28-12-10-8-6-4-2/h55-56H,3-50H2,1-2H3. The Balaban J connectivity index is 3.50. The minimum atomic E-state index is 0.0749. The van der Waals surface area contributed by atoms with Crippen LogP contribution in [-0.2, 0) is 9.59 Å². The lowest BCUT2D eigenvalue weighted by atomic mass is 10.0. The Morgan fingerprint density at radius 1 is 0.276 bits per heavy atom. The molecule has 0 aliphatic carbocycles. The van der Waals surface area contributed by atoms with Gasteiger partial charge in [0.1, 0.15) is 0 Å². The largest absolute Gasteiger partial charge is 0.395 e. The number of hydrogen-bond acceptors (Lipinski definition) is 4. The SMILES string of the molecule is CCCCCCCCCCCC(=O)N(CCO)CCCCCCCCCCCCCCCCCCCCCCCCN(CCO)C(=O)CCCCCCCCCCC. The molecule has 2 N–H and O–H groups in total. The smallest absolute Gasteiger partial charge is 0.222 e. The summed E-state index contributed by atoms with van der Waals surface area (Å²) >= 11 is 0. The number of rotatable bonds is 49. The molecule has 0 aliphatic rings. The maximum atomic E-state index is 12.7. The minimum Gasteiger partial charge on any atom is -0.395 e. The third-order valence-corrected chi connectivity index (χ3v) is 12.5. The second-order valence-corrected chi connectivity index (χ2v) is 18.1.